The molecular weight excluding hydrogens is 334 g/mol. The van der Waals surface area contributed by atoms with E-state index >= 15 is 0 Å². The summed E-state index contributed by atoms with van der Waals surface area (Å²) in [5.41, 5.74) is 1.91. The van der Waals surface area contributed by atoms with Crippen molar-refractivity contribution >= 4 is 16.7 Å². The molecule has 1 N–H and O–H groups in total. The van der Waals surface area contributed by atoms with Crippen LogP contribution in [0.25, 0.3) is 10.8 Å². The molecule has 27 heavy (non-hydrogen) atoms. The first-order valence-corrected chi connectivity index (χ1v) is 9.68. The highest BCUT2D eigenvalue weighted by atomic mass is 16.1. The predicted molar refractivity (Wildman–Crippen MR) is 109 cm³/mol. The van der Waals surface area contributed by atoms with E-state index in [4.69, 9.17) is 0 Å². The maximum atomic E-state index is 12.6. The molecule has 0 radical (unpaired) electrons. The van der Waals surface area contributed by atoms with E-state index < -0.39 is 0 Å². The normalized spacial score (nSPS) is 17.3. The van der Waals surface area contributed by atoms with Gasteiger partial charge in [0.1, 0.15) is 5.69 Å². The van der Waals surface area contributed by atoms with E-state index in [-0.39, 0.29) is 5.91 Å². The van der Waals surface area contributed by atoms with Gasteiger partial charge in [-0.25, -0.2) is 0 Å². The van der Waals surface area contributed by atoms with Gasteiger partial charge in [0.25, 0.3) is 5.91 Å². The summed E-state index contributed by atoms with van der Waals surface area (Å²) in [5, 5.41) is 5.06. The topological polar surface area (TPSA) is 45.2 Å². The summed E-state index contributed by atoms with van der Waals surface area (Å²) >= 11 is 0. The highest BCUT2D eigenvalue weighted by Crippen LogP contribution is 2.18. The molecule has 1 atom stereocenters. The first-order valence-electron chi connectivity index (χ1n) is 9.68. The van der Waals surface area contributed by atoms with E-state index in [9.17, 15) is 4.79 Å². The largest absolute Gasteiger partial charge is 0.350 e. The van der Waals surface area contributed by atoms with Crippen molar-refractivity contribution < 1.29 is 4.79 Å². The molecule has 3 aromatic rings. The molecule has 4 nitrogen and oxygen atoms in total. The Morgan fingerprint density at radius 3 is 2.78 bits per heavy atom. The maximum Gasteiger partial charge on any atom is 0.270 e. The number of carbonyl (C=O) groups excluding carboxylic acids is 1. The van der Waals surface area contributed by atoms with Crippen LogP contribution in [0.4, 0.5) is 0 Å². The number of hydrogen-bond acceptors (Lipinski definition) is 3. The minimum absolute atomic E-state index is 0.0745. The molecular formula is C23H25N3O. The van der Waals surface area contributed by atoms with Gasteiger partial charge in [0.05, 0.1) is 0 Å². The maximum absolute atomic E-state index is 12.6. The Kier molecular flexibility index (Phi) is 5.45. The standard InChI is InChI=1S/C23H25N3O/c27-23(22-21-9-5-4-8-20(21)10-13-24-22)25-16-19-12-15-26(17-19)14-11-18-6-2-1-3-7-18/h1-10,13,19H,11-12,14-17H2,(H,25,27). The van der Waals surface area contributed by atoms with E-state index in [2.05, 4.69) is 45.5 Å². The monoisotopic (exact) mass is 359 g/mol. The summed E-state index contributed by atoms with van der Waals surface area (Å²) in [6.45, 7) is 3.96. The summed E-state index contributed by atoms with van der Waals surface area (Å²) in [5.74, 6) is 0.439. The fourth-order valence-corrected chi connectivity index (χ4v) is 3.84. The van der Waals surface area contributed by atoms with Crippen LogP contribution in [0.1, 0.15) is 22.5 Å². The highest BCUT2D eigenvalue weighted by Gasteiger charge is 2.23. The lowest BCUT2D eigenvalue weighted by atomic mass is 10.1. The van der Waals surface area contributed by atoms with E-state index in [1.54, 1.807) is 6.20 Å². The van der Waals surface area contributed by atoms with Gasteiger partial charge in [0.2, 0.25) is 0 Å². The zero-order valence-electron chi connectivity index (χ0n) is 15.5. The molecule has 1 aliphatic heterocycles. The number of nitrogens with zero attached hydrogens (tertiary/aromatic N) is 2. The van der Waals surface area contributed by atoms with Gasteiger partial charge in [-0.1, -0.05) is 54.6 Å². The third kappa shape index (κ3) is 4.34. The quantitative estimate of drug-likeness (QED) is 0.732. The molecule has 2 aromatic carbocycles. The Morgan fingerprint density at radius 2 is 1.89 bits per heavy atom. The second-order valence-corrected chi connectivity index (χ2v) is 7.28. The number of carbonyl (C=O) groups is 1. The van der Waals surface area contributed by atoms with Crippen LogP contribution < -0.4 is 5.32 Å². The first-order chi connectivity index (χ1) is 13.3. The second kappa shape index (κ2) is 8.31. The van der Waals surface area contributed by atoms with E-state index in [0.29, 0.717) is 18.2 Å². The Morgan fingerprint density at radius 1 is 1.07 bits per heavy atom. The molecule has 1 amide bonds. The summed E-state index contributed by atoms with van der Waals surface area (Å²) in [6.07, 6.45) is 3.93. The number of pyridine rings is 1. The van der Waals surface area contributed by atoms with Crippen molar-refractivity contribution in [3.05, 3.63) is 78.1 Å². The number of aromatic nitrogens is 1. The van der Waals surface area contributed by atoms with Gasteiger partial charge in [0.15, 0.2) is 0 Å². The van der Waals surface area contributed by atoms with Gasteiger partial charge in [-0.2, -0.15) is 0 Å². The predicted octanol–water partition coefficient (Wildman–Crippen LogP) is 3.53. The minimum Gasteiger partial charge on any atom is -0.350 e. The average Bonchev–Trinajstić information content (AvgIpc) is 3.19. The lowest BCUT2D eigenvalue weighted by Crippen LogP contribution is -2.32. The van der Waals surface area contributed by atoms with Gasteiger partial charge in [-0.3, -0.25) is 9.78 Å². The van der Waals surface area contributed by atoms with Crippen LogP contribution in [0, 0.1) is 5.92 Å². The molecule has 1 unspecified atom stereocenters. The van der Waals surface area contributed by atoms with Crippen LogP contribution in [0.2, 0.25) is 0 Å². The van der Waals surface area contributed by atoms with Gasteiger partial charge in [0, 0.05) is 31.2 Å². The molecule has 4 rings (SSSR count). The van der Waals surface area contributed by atoms with Crippen molar-refractivity contribution in [2.75, 3.05) is 26.2 Å². The van der Waals surface area contributed by atoms with Crippen molar-refractivity contribution in [3.8, 4) is 0 Å². The number of rotatable bonds is 6. The smallest absolute Gasteiger partial charge is 0.270 e. The fourth-order valence-electron chi connectivity index (χ4n) is 3.84. The van der Waals surface area contributed by atoms with Crippen LogP contribution in [-0.4, -0.2) is 42.0 Å². The van der Waals surface area contributed by atoms with E-state index in [1.807, 2.05) is 30.3 Å². The number of hydrogen-bond donors (Lipinski definition) is 1. The number of fused-ring (bicyclic) bond motifs is 1. The molecule has 0 spiro atoms. The molecule has 138 valence electrons. The summed E-state index contributed by atoms with van der Waals surface area (Å²) < 4.78 is 0. The third-order valence-corrected chi connectivity index (χ3v) is 5.37. The first kappa shape index (κ1) is 17.7. The van der Waals surface area contributed by atoms with E-state index in [0.717, 1.165) is 43.2 Å². The third-order valence-electron chi connectivity index (χ3n) is 5.37. The summed E-state index contributed by atoms with van der Waals surface area (Å²) in [7, 11) is 0. The average molecular weight is 359 g/mol. The zero-order chi connectivity index (χ0) is 18.5. The molecule has 4 heteroatoms. The summed E-state index contributed by atoms with van der Waals surface area (Å²) in [4.78, 5) is 19.4. The number of benzene rings is 2. The molecule has 2 heterocycles. The van der Waals surface area contributed by atoms with Crippen LogP contribution >= 0.6 is 0 Å². The van der Waals surface area contributed by atoms with Crippen LogP contribution in [0.15, 0.2) is 66.9 Å². The molecule has 0 saturated carbocycles. The number of likely N-dealkylation sites (tertiary alicyclic amines) is 1. The van der Waals surface area contributed by atoms with Gasteiger partial charge >= 0.3 is 0 Å². The van der Waals surface area contributed by atoms with Crippen molar-refractivity contribution in [1.29, 1.82) is 0 Å². The van der Waals surface area contributed by atoms with Gasteiger partial charge < -0.3 is 10.2 Å². The summed E-state index contributed by atoms with van der Waals surface area (Å²) in [6, 6.07) is 20.5. The van der Waals surface area contributed by atoms with Crippen LogP contribution in [0.5, 0.6) is 0 Å². The van der Waals surface area contributed by atoms with Crippen molar-refractivity contribution in [3.63, 3.8) is 0 Å². The van der Waals surface area contributed by atoms with E-state index in [1.165, 1.54) is 5.56 Å². The SMILES string of the molecule is O=C(NCC1CCN(CCc2ccccc2)C1)c1nccc2ccccc12. The Hall–Kier alpha value is -2.72. The van der Waals surface area contributed by atoms with Gasteiger partial charge in [-0.05, 0) is 42.3 Å². The van der Waals surface area contributed by atoms with Crippen molar-refractivity contribution in [2.45, 2.75) is 12.8 Å². The lowest BCUT2D eigenvalue weighted by molar-refractivity contribution is 0.0944. The minimum atomic E-state index is -0.0745. The van der Waals surface area contributed by atoms with Crippen molar-refractivity contribution in [2.24, 2.45) is 5.92 Å². The zero-order valence-corrected chi connectivity index (χ0v) is 15.5. The second-order valence-electron chi connectivity index (χ2n) is 7.28. The Labute approximate surface area is 160 Å². The molecule has 0 aliphatic carbocycles. The number of nitrogens with one attached hydrogen (secondary N) is 1. The molecule has 1 saturated heterocycles. The van der Waals surface area contributed by atoms with Gasteiger partial charge in [-0.15, -0.1) is 0 Å². The Balaban J connectivity index is 1.28. The van der Waals surface area contributed by atoms with Crippen LogP contribution in [0.3, 0.4) is 0 Å². The Bertz CT molecular complexity index is 904. The molecule has 1 fully saturated rings. The lowest BCUT2D eigenvalue weighted by Gasteiger charge is -2.16. The fraction of sp³-hybridized carbons (Fsp3) is 0.304. The van der Waals surface area contributed by atoms with Crippen LogP contribution in [-0.2, 0) is 6.42 Å². The molecule has 1 aromatic heterocycles. The highest BCUT2D eigenvalue weighted by molar-refractivity contribution is 6.05. The van der Waals surface area contributed by atoms with Crippen molar-refractivity contribution in [1.82, 2.24) is 15.2 Å². The molecule has 1 aliphatic rings. The molecule has 0 bridgehead atoms. The number of amides is 1.